The molecule has 1 N–H and O–H groups in total. The molecule has 1 saturated heterocycles. The van der Waals surface area contributed by atoms with Gasteiger partial charge in [0, 0.05) is 6.54 Å². The topological polar surface area (TPSA) is 40.5 Å². The highest BCUT2D eigenvalue weighted by Crippen LogP contribution is 2.30. The lowest BCUT2D eigenvalue weighted by Gasteiger charge is -2.33. The SMILES string of the molecule is CC1(C)C(O)CCN1C(=O)c1cc(F)ccc1F. The summed E-state index contributed by atoms with van der Waals surface area (Å²) in [5, 5.41) is 9.79. The van der Waals surface area contributed by atoms with Gasteiger partial charge in [-0.05, 0) is 38.5 Å². The first-order valence-corrected chi connectivity index (χ1v) is 5.79. The molecular weight excluding hydrogens is 240 g/mol. The summed E-state index contributed by atoms with van der Waals surface area (Å²) in [5.74, 6) is -2.00. The van der Waals surface area contributed by atoms with Crippen molar-refractivity contribution in [3.8, 4) is 0 Å². The maximum absolute atomic E-state index is 13.5. The standard InChI is InChI=1S/C13H15F2NO2/c1-13(2)11(17)5-6-16(13)12(18)9-7-8(14)3-4-10(9)15/h3-4,7,11,17H,5-6H2,1-2H3. The van der Waals surface area contributed by atoms with E-state index in [1.165, 1.54) is 4.90 Å². The molecule has 0 saturated carbocycles. The Morgan fingerprint density at radius 2 is 2.11 bits per heavy atom. The van der Waals surface area contributed by atoms with Gasteiger partial charge in [-0.1, -0.05) is 0 Å². The van der Waals surface area contributed by atoms with E-state index in [0.29, 0.717) is 13.0 Å². The number of hydrogen-bond acceptors (Lipinski definition) is 2. The molecule has 0 aromatic heterocycles. The van der Waals surface area contributed by atoms with Gasteiger partial charge in [-0.25, -0.2) is 8.78 Å². The maximum Gasteiger partial charge on any atom is 0.257 e. The Morgan fingerprint density at radius 3 is 2.67 bits per heavy atom. The number of aliphatic hydroxyl groups excluding tert-OH is 1. The molecule has 98 valence electrons. The fourth-order valence-electron chi connectivity index (χ4n) is 2.24. The van der Waals surface area contributed by atoms with E-state index >= 15 is 0 Å². The van der Waals surface area contributed by atoms with Gasteiger partial charge in [0.05, 0.1) is 17.2 Å². The second-order valence-electron chi connectivity index (χ2n) is 5.04. The first-order chi connectivity index (χ1) is 8.34. The Kier molecular flexibility index (Phi) is 3.11. The second-order valence-corrected chi connectivity index (χ2v) is 5.04. The van der Waals surface area contributed by atoms with Crippen LogP contribution in [0.25, 0.3) is 0 Å². The zero-order chi connectivity index (χ0) is 13.5. The number of carbonyl (C=O) groups excluding carboxylic acids is 1. The molecule has 2 rings (SSSR count). The van der Waals surface area contributed by atoms with Crippen LogP contribution in [0, 0.1) is 11.6 Å². The lowest BCUT2D eigenvalue weighted by molar-refractivity contribution is 0.0390. The Bertz CT molecular complexity index is 488. The van der Waals surface area contributed by atoms with Crippen molar-refractivity contribution in [1.82, 2.24) is 4.90 Å². The highest BCUT2D eigenvalue weighted by Gasteiger charge is 2.43. The van der Waals surface area contributed by atoms with E-state index < -0.39 is 29.2 Å². The van der Waals surface area contributed by atoms with Gasteiger partial charge in [-0.3, -0.25) is 4.79 Å². The smallest absolute Gasteiger partial charge is 0.257 e. The van der Waals surface area contributed by atoms with Gasteiger partial charge in [0.15, 0.2) is 0 Å². The summed E-state index contributed by atoms with van der Waals surface area (Å²) in [6.07, 6.45) is -0.214. The predicted molar refractivity (Wildman–Crippen MR) is 62.1 cm³/mol. The van der Waals surface area contributed by atoms with Crippen molar-refractivity contribution >= 4 is 5.91 Å². The minimum atomic E-state index is -0.768. The number of nitrogens with zero attached hydrogens (tertiary/aromatic N) is 1. The maximum atomic E-state index is 13.5. The van der Waals surface area contributed by atoms with Crippen molar-refractivity contribution < 1.29 is 18.7 Å². The molecule has 0 aliphatic carbocycles. The van der Waals surface area contributed by atoms with Gasteiger partial charge >= 0.3 is 0 Å². The average Bonchev–Trinajstić information content (AvgIpc) is 2.57. The molecule has 1 heterocycles. The van der Waals surface area contributed by atoms with Crippen LogP contribution in [0.4, 0.5) is 8.78 Å². The summed E-state index contributed by atoms with van der Waals surface area (Å²) < 4.78 is 26.6. The molecule has 0 spiro atoms. The monoisotopic (exact) mass is 255 g/mol. The molecule has 1 aromatic rings. The molecule has 3 nitrogen and oxygen atoms in total. The molecule has 5 heteroatoms. The molecule has 0 bridgehead atoms. The van der Waals surface area contributed by atoms with Gasteiger partial charge in [-0.2, -0.15) is 0 Å². The third-order valence-electron chi connectivity index (χ3n) is 3.54. The molecule has 1 fully saturated rings. The number of aliphatic hydroxyl groups is 1. The van der Waals surface area contributed by atoms with E-state index in [9.17, 15) is 18.7 Å². The Hall–Kier alpha value is -1.49. The van der Waals surface area contributed by atoms with Crippen LogP contribution in [0.5, 0.6) is 0 Å². The molecule has 1 aliphatic heterocycles. The third kappa shape index (κ3) is 1.99. The van der Waals surface area contributed by atoms with Gasteiger partial charge in [0.2, 0.25) is 0 Å². The van der Waals surface area contributed by atoms with Crippen molar-refractivity contribution in [2.75, 3.05) is 6.54 Å². The number of likely N-dealkylation sites (tertiary alicyclic amines) is 1. The summed E-state index contributed by atoms with van der Waals surface area (Å²) in [7, 11) is 0. The van der Waals surface area contributed by atoms with E-state index in [2.05, 4.69) is 0 Å². The first kappa shape index (κ1) is 13.0. The zero-order valence-corrected chi connectivity index (χ0v) is 10.3. The van der Waals surface area contributed by atoms with Gasteiger partial charge in [-0.15, -0.1) is 0 Å². The van der Waals surface area contributed by atoms with Gasteiger partial charge < -0.3 is 10.0 Å². The van der Waals surface area contributed by atoms with Crippen LogP contribution in [0.2, 0.25) is 0 Å². The van der Waals surface area contributed by atoms with Crippen LogP contribution in [0.3, 0.4) is 0 Å². The fourth-order valence-corrected chi connectivity index (χ4v) is 2.24. The molecular formula is C13H15F2NO2. The summed E-state index contributed by atoms with van der Waals surface area (Å²) >= 11 is 0. The number of amides is 1. The largest absolute Gasteiger partial charge is 0.391 e. The number of benzene rings is 1. The van der Waals surface area contributed by atoms with E-state index in [-0.39, 0.29) is 5.56 Å². The van der Waals surface area contributed by atoms with Crippen LogP contribution < -0.4 is 0 Å². The summed E-state index contributed by atoms with van der Waals surface area (Å²) in [5.41, 5.74) is -1.06. The van der Waals surface area contributed by atoms with E-state index in [1.807, 2.05) is 0 Å². The van der Waals surface area contributed by atoms with E-state index in [1.54, 1.807) is 13.8 Å². The minimum Gasteiger partial charge on any atom is -0.391 e. The van der Waals surface area contributed by atoms with Crippen LogP contribution in [0.15, 0.2) is 18.2 Å². The molecule has 1 unspecified atom stereocenters. The Morgan fingerprint density at radius 1 is 1.44 bits per heavy atom. The van der Waals surface area contributed by atoms with E-state index in [0.717, 1.165) is 18.2 Å². The van der Waals surface area contributed by atoms with Gasteiger partial charge in [0.25, 0.3) is 5.91 Å². The summed E-state index contributed by atoms with van der Waals surface area (Å²) in [4.78, 5) is 13.6. The van der Waals surface area contributed by atoms with Crippen molar-refractivity contribution in [1.29, 1.82) is 0 Å². The number of halogens is 2. The van der Waals surface area contributed by atoms with Crippen molar-refractivity contribution in [2.24, 2.45) is 0 Å². The molecule has 18 heavy (non-hydrogen) atoms. The minimum absolute atomic E-state index is 0.294. The van der Waals surface area contributed by atoms with Crippen LogP contribution in [0.1, 0.15) is 30.6 Å². The number of rotatable bonds is 1. The fraction of sp³-hybridized carbons (Fsp3) is 0.462. The lowest BCUT2D eigenvalue weighted by Crippen LogP contribution is -2.48. The normalized spacial score (nSPS) is 22.3. The highest BCUT2D eigenvalue weighted by molar-refractivity contribution is 5.95. The van der Waals surface area contributed by atoms with Crippen LogP contribution in [-0.4, -0.2) is 34.1 Å². The lowest BCUT2D eigenvalue weighted by atomic mass is 9.98. The Labute approximate surface area is 104 Å². The summed E-state index contributed by atoms with van der Waals surface area (Å²) in [6, 6.07) is 2.79. The molecule has 1 atom stereocenters. The quantitative estimate of drug-likeness (QED) is 0.833. The molecule has 0 radical (unpaired) electrons. The zero-order valence-electron chi connectivity index (χ0n) is 10.3. The third-order valence-corrected chi connectivity index (χ3v) is 3.54. The molecule has 1 aliphatic rings. The first-order valence-electron chi connectivity index (χ1n) is 5.79. The summed E-state index contributed by atoms with van der Waals surface area (Å²) in [6.45, 7) is 3.75. The second kappa shape index (κ2) is 4.31. The van der Waals surface area contributed by atoms with Crippen LogP contribution in [-0.2, 0) is 0 Å². The predicted octanol–water partition coefficient (Wildman–Crippen LogP) is 1.95. The van der Waals surface area contributed by atoms with Crippen molar-refractivity contribution in [2.45, 2.75) is 31.9 Å². The number of hydrogen-bond donors (Lipinski definition) is 1. The van der Waals surface area contributed by atoms with E-state index in [4.69, 9.17) is 0 Å². The Balaban J connectivity index is 2.35. The highest BCUT2D eigenvalue weighted by atomic mass is 19.1. The average molecular weight is 255 g/mol. The number of carbonyl (C=O) groups is 1. The van der Waals surface area contributed by atoms with Crippen molar-refractivity contribution in [3.05, 3.63) is 35.4 Å². The van der Waals surface area contributed by atoms with Gasteiger partial charge in [0.1, 0.15) is 11.6 Å². The van der Waals surface area contributed by atoms with Crippen molar-refractivity contribution in [3.63, 3.8) is 0 Å². The van der Waals surface area contributed by atoms with Crippen LogP contribution >= 0.6 is 0 Å². The molecule has 1 aromatic carbocycles. The molecule has 1 amide bonds.